The van der Waals surface area contributed by atoms with Gasteiger partial charge in [0.05, 0.1) is 0 Å². The number of fused-ring (bicyclic) bond motifs is 2. The topological polar surface area (TPSA) is 54.2 Å². The van der Waals surface area contributed by atoms with Crippen LogP contribution in [0, 0.1) is 11.9 Å². The molecule has 1 saturated heterocycles. The van der Waals surface area contributed by atoms with Crippen LogP contribution in [0.3, 0.4) is 0 Å². The van der Waals surface area contributed by atoms with E-state index in [2.05, 4.69) is 53.1 Å². The molecular weight excluding hydrogens is 399 g/mol. The van der Waals surface area contributed by atoms with Crippen LogP contribution in [0.2, 0.25) is 0 Å². The van der Waals surface area contributed by atoms with E-state index >= 15 is 0 Å². The number of benzene rings is 2. The van der Waals surface area contributed by atoms with Crippen LogP contribution in [-0.4, -0.2) is 36.6 Å². The number of hydrogen-bond donors (Lipinski definition) is 2. The molecule has 3 aliphatic rings. The maximum atomic E-state index is 14.9. The molecule has 5 heteroatoms. The van der Waals surface area contributed by atoms with Crippen molar-refractivity contribution in [2.45, 2.75) is 18.3 Å². The number of anilines is 1. The van der Waals surface area contributed by atoms with Crippen molar-refractivity contribution in [3.63, 3.8) is 0 Å². The molecule has 6 rings (SSSR count). The highest BCUT2D eigenvalue weighted by Crippen LogP contribution is 2.58. The Kier molecular flexibility index (Phi) is 4.21. The molecule has 1 saturated carbocycles. The van der Waals surface area contributed by atoms with Gasteiger partial charge in [-0.2, -0.15) is 4.39 Å². The molecule has 3 aromatic rings. The predicted molar refractivity (Wildman–Crippen MR) is 128 cm³/mol. The number of halogens is 1. The highest BCUT2D eigenvalue weighted by Gasteiger charge is 2.59. The zero-order chi connectivity index (χ0) is 22.0. The fraction of sp³-hybridized carbons (Fsp3) is 0.296. The van der Waals surface area contributed by atoms with Gasteiger partial charge in [-0.05, 0) is 54.1 Å². The molecule has 0 spiro atoms. The monoisotopic (exact) mass is 426 g/mol. The van der Waals surface area contributed by atoms with E-state index in [1.807, 2.05) is 24.3 Å². The smallest absolute Gasteiger partial charge is 0.222 e. The maximum Gasteiger partial charge on any atom is 0.222 e. The van der Waals surface area contributed by atoms with Gasteiger partial charge in [0.15, 0.2) is 0 Å². The van der Waals surface area contributed by atoms with E-state index in [9.17, 15) is 4.39 Å². The van der Waals surface area contributed by atoms with E-state index in [-0.39, 0.29) is 5.82 Å². The summed E-state index contributed by atoms with van der Waals surface area (Å²) in [7, 11) is 2.19. The zero-order valence-electron chi connectivity index (χ0n) is 18.3. The Bertz CT molecular complexity index is 1250. The minimum absolute atomic E-state index is 0.212. The molecule has 32 heavy (non-hydrogen) atoms. The molecule has 2 aliphatic heterocycles. The Labute approximate surface area is 188 Å². The molecule has 0 radical (unpaired) electrons. The number of nitrogens with one attached hydrogen (secondary N) is 1. The minimum atomic E-state index is -0.530. The second-order valence-corrected chi connectivity index (χ2v) is 9.62. The fourth-order valence-electron chi connectivity index (χ4n) is 5.81. The van der Waals surface area contributed by atoms with E-state index in [0.717, 1.165) is 53.4 Å². The van der Waals surface area contributed by atoms with Gasteiger partial charge >= 0.3 is 0 Å². The largest absolute Gasteiger partial charge is 0.385 e. The number of hydrogen-bond acceptors (Lipinski definition) is 4. The van der Waals surface area contributed by atoms with Gasteiger partial charge in [-0.3, -0.25) is 0 Å². The number of likely N-dealkylation sites (N-methyl/N-ethyl adjacent to an activating group) is 1. The minimum Gasteiger partial charge on any atom is -0.385 e. The molecule has 4 nitrogen and oxygen atoms in total. The van der Waals surface area contributed by atoms with Crippen LogP contribution in [-0.2, 0) is 11.8 Å². The summed E-state index contributed by atoms with van der Waals surface area (Å²) in [6.45, 7) is 7.23. The molecule has 3 N–H and O–H groups in total. The van der Waals surface area contributed by atoms with E-state index in [1.165, 1.54) is 24.1 Å². The Morgan fingerprint density at radius 1 is 1.09 bits per heavy atom. The molecule has 0 amide bonds. The van der Waals surface area contributed by atoms with Crippen LogP contribution >= 0.6 is 0 Å². The van der Waals surface area contributed by atoms with Gasteiger partial charge in [-0.25, -0.2) is 4.98 Å². The lowest BCUT2D eigenvalue weighted by atomic mass is 9.91. The number of piperidine rings is 1. The van der Waals surface area contributed by atoms with Crippen molar-refractivity contribution in [2.75, 3.05) is 32.4 Å². The van der Waals surface area contributed by atoms with Crippen LogP contribution in [0.4, 0.5) is 10.2 Å². The fourth-order valence-corrected chi connectivity index (χ4v) is 5.81. The van der Waals surface area contributed by atoms with E-state index < -0.39 is 5.95 Å². The third-order valence-corrected chi connectivity index (χ3v) is 7.57. The standard InChI is InChI=1S/C27H27FN4/c1-16-22-8-5-18(11-19(22)9-10-30-16)24-12-23(25(28)31-26(24)29)17-3-6-20(7-4-17)27-13-21(27)14-32(2)15-27/h3-8,11-12,21,30H,1,9-10,13-15H2,2H3,(H2,29,31)/t21-,27?/m1/s1. The van der Waals surface area contributed by atoms with Gasteiger partial charge in [0.2, 0.25) is 5.95 Å². The molecule has 2 fully saturated rings. The Morgan fingerprint density at radius 3 is 2.62 bits per heavy atom. The second-order valence-electron chi connectivity index (χ2n) is 9.62. The zero-order valence-corrected chi connectivity index (χ0v) is 18.3. The average Bonchev–Trinajstić information content (AvgIpc) is 3.36. The van der Waals surface area contributed by atoms with Gasteiger partial charge in [0, 0.05) is 47.4 Å². The summed E-state index contributed by atoms with van der Waals surface area (Å²) in [5.74, 6) is 0.442. The number of nitrogen functional groups attached to an aromatic ring is 1. The summed E-state index contributed by atoms with van der Waals surface area (Å²) >= 11 is 0. The molecule has 1 aliphatic carbocycles. The van der Waals surface area contributed by atoms with Gasteiger partial charge in [0.25, 0.3) is 0 Å². The number of nitrogens with zero attached hydrogens (tertiary/aromatic N) is 2. The average molecular weight is 427 g/mol. The maximum absolute atomic E-state index is 14.9. The third kappa shape index (κ3) is 2.95. The van der Waals surface area contributed by atoms with Gasteiger partial charge in [-0.15, -0.1) is 0 Å². The van der Waals surface area contributed by atoms with E-state index in [1.54, 1.807) is 0 Å². The molecule has 2 aromatic carbocycles. The number of pyridine rings is 1. The van der Waals surface area contributed by atoms with Crippen LogP contribution in [0.1, 0.15) is 23.1 Å². The molecule has 3 heterocycles. The first kappa shape index (κ1) is 19.5. The lowest BCUT2D eigenvalue weighted by molar-refractivity contribution is 0.363. The number of likely N-dealkylation sites (tertiary alicyclic amines) is 1. The summed E-state index contributed by atoms with van der Waals surface area (Å²) in [6.07, 6.45) is 2.18. The second kappa shape index (κ2) is 6.91. The van der Waals surface area contributed by atoms with Crippen LogP contribution in [0.15, 0.2) is 55.1 Å². The third-order valence-electron chi connectivity index (χ3n) is 7.57. The summed E-state index contributed by atoms with van der Waals surface area (Å²) < 4.78 is 14.9. The molecule has 2 atom stereocenters. The molecule has 0 bridgehead atoms. The lowest BCUT2D eigenvalue weighted by Crippen LogP contribution is -2.22. The summed E-state index contributed by atoms with van der Waals surface area (Å²) in [4.78, 5) is 6.46. The highest BCUT2D eigenvalue weighted by molar-refractivity contribution is 5.81. The van der Waals surface area contributed by atoms with Crippen LogP contribution in [0.25, 0.3) is 28.0 Å². The van der Waals surface area contributed by atoms with Crippen LogP contribution < -0.4 is 11.1 Å². The molecular formula is C27H27FN4. The number of rotatable bonds is 3. The SMILES string of the molecule is C=C1NCCc2cc(-c3cc(-c4ccc(C56C[C@@H]5CN(C)C6)cc4)c(F)nc3N)ccc21. The normalized spacial score (nSPS) is 24.1. The summed E-state index contributed by atoms with van der Waals surface area (Å²) in [5, 5.41) is 3.30. The number of nitrogens with two attached hydrogens (primary N) is 1. The first-order valence-electron chi connectivity index (χ1n) is 11.3. The molecule has 1 unspecified atom stereocenters. The Hall–Kier alpha value is -3.18. The summed E-state index contributed by atoms with van der Waals surface area (Å²) in [6, 6.07) is 16.4. The lowest BCUT2D eigenvalue weighted by Gasteiger charge is -2.21. The van der Waals surface area contributed by atoms with Crippen molar-refractivity contribution in [2.24, 2.45) is 5.92 Å². The molecule has 1 aromatic heterocycles. The van der Waals surface area contributed by atoms with Crippen molar-refractivity contribution < 1.29 is 4.39 Å². The van der Waals surface area contributed by atoms with Crippen LogP contribution in [0.5, 0.6) is 0 Å². The Balaban J connectivity index is 1.36. The van der Waals surface area contributed by atoms with Gasteiger partial charge in [0.1, 0.15) is 5.82 Å². The van der Waals surface area contributed by atoms with Crippen molar-refractivity contribution in [3.8, 4) is 22.3 Å². The number of aromatic nitrogens is 1. The van der Waals surface area contributed by atoms with Gasteiger partial charge in [-0.1, -0.05) is 49.0 Å². The highest BCUT2D eigenvalue weighted by atomic mass is 19.1. The van der Waals surface area contributed by atoms with Gasteiger partial charge < -0.3 is 16.0 Å². The first-order chi connectivity index (χ1) is 15.4. The summed E-state index contributed by atoms with van der Waals surface area (Å²) in [5.41, 5.74) is 14.1. The quantitative estimate of drug-likeness (QED) is 0.608. The van der Waals surface area contributed by atoms with Crippen molar-refractivity contribution >= 4 is 11.5 Å². The van der Waals surface area contributed by atoms with E-state index in [4.69, 9.17) is 5.73 Å². The van der Waals surface area contributed by atoms with Crippen molar-refractivity contribution in [1.29, 1.82) is 0 Å². The van der Waals surface area contributed by atoms with E-state index in [0.29, 0.717) is 11.0 Å². The Morgan fingerprint density at radius 2 is 1.88 bits per heavy atom. The molecule has 162 valence electrons. The first-order valence-corrected chi connectivity index (χ1v) is 11.3. The van der Waals surface area contributed by atoms with Crippen molar-refractivity contribution in [1.82, 2.24) is 15.2 Å². The predicted octanol–water partition coefficient (Wildman–Crippen LogP) is 4.46. The van der Waals surface area contributed by atoms with Crippen molar-refractivity contribution in [3.05, 3.63) is 77.7 Å².